The Hall–Kier alpha value is -2.77. The summed E-state index contributed by atoms with van der Waals surface area (Å²) in [4.78, 5) is 12.3. The molecule has 0 atom stereocenters. The van der Waals surface area contributed by atoms with E-state index in [2.05, 4.69) is 5.32 Å². The number of halogens is 1. The minimum Gasteiger partial charge on any atom is -0.495 e. The van der Waals surface area contributed by atoms with Crippen LogP contribution in [-0.2, 0) is 22.0 Å². The Morgan fingerprint density at radius 1 is 1.07 bits per heavy atom. The molecule has 1 amide bonds. The van der Waals surface area contributed by atoms with Crippen molar-refractivity contribution in [2.24, 2.45) is 0 Å². The van der Waals surface area contributed by atoms with E-state index in [1.165, 1.54) is 25.3 Å². The van der Waals surface area contributed by atoms with Gasteiger partial charge in [0, 0.05) is 11.6 Å². The summed E-state index contributed by atoms with van der Waals surface area (Å²) in [7, 11) is -2.28. The predicted molar refractivity (Wildman–Crippen MR) is 110 cm³/mol. The standard InChI is InChI=1S/C21H20ClNO5S/c1-27-18-4-2-3-5-20(18)29(25,26)14-17-10-11-19(28-17)21(24)23-13-12-15-6-8-16(22)9-7-15/h2-11H,12-14H2,1H3,(H,23,24). The Bertz CT molecular complexity index is 1090. The lowest BCUT2D eigenvalue weighted by atomic mass is 10.1. The highest BCUT2D eigenvalue weighted by molar-refractivity contribution is 7.90. The topological polar surface area (TPSA) is 85.6 Å². The number of para-hydroxylation sites is 1. The summed E-state index contributed by atoms with van der Waals surface area (Å²) in [5, 5.41) is 3.41. The molecule has 3 aromatic rings. The summed E-state index contributed by atoms with van der Waals surface area (Å²) in [6, 6.07) is 16.7. The maximum atomic E-state index is 12.7. The van der Waals surface area contributed by atoms with Gasteiger partial charge in [0.25, 0.3) is 5.91 Å². The van der Waals surface area contributed by atoms with Crippen LogP contribution in [0.25, 0.3) is 0 Å². The number of hydrogen-bond donors (Lipinski definition) is 1. The highest BCUT2D eigenvalue weighted by Crippen LogP contribution is 2.26. The van der Waals surface area contributed by atoms with Gasteiger partial charge in [0.15, 0.2) is 15.6 Å². The SMILES string of the molecule is COc1ccccc1S(=O)(=O)Cc1ccc(C(=O)NCCc2ccc(Cl)cc2)o1. The van der Waals surface area contributed by atoms with E-state index in [1.807, 2.05) is 12.1 Å². The van der Waals surface area contributed by atoms with E-state index in [-0.39, 0.29) is 27.9 Å². The lowest BCUT2D eigenvalue weighted by molar-refractivity contribution is 0.0925. The third-order valence-corrected chi connectivity index (χ3v) is 6.16. The fourth-order valence-corrected chi connectivity index (χ4v) is 4.33. The van der Waals surface area contributed by atoms with Crippen molar-refractivity contribution in [3.8, 4) is 5.75 Å². The zero-order chi connectivity index (χ0) is 20.9. The van der Waals surface area contributed by atoms with Crippen molar-refractivity contribution >= 4 is 27.3 Å². The number of rotatable bonds is 8. The maximum absolute atomic E-state index is 12.7. The third kappa shape index (κ3) is 5.40. The van der Waals surface area contributed by atoms with Gasteiger partial charge in [-0.25, -0.2) is 8.42 Å². The molecule has 1 N–H and O–H groups in total. The molecule has 0 aliphatic rings. The van der Waals surface area contributed by atoms with E-state index in [0.717, 1.165) is 5.56 Å². The highest BCUT2D eigenvalue weighted by Gasteiger charge is 2.22. The van der Waals surface area contributed by atoms with Crippen molar-refractivity contribution in [1.82, 2.24) is 5.32 Å². The summed E-state index contributed by atoms with van der Waals surface area (Å²) in [6.45, 7) is 0.413. The maximum Gasteiger partial charge on any atom is 0.287 e. The quantitative estimate of drug-likeness (QED) is 0.582. The summed E-state index contributed by atoms with van der Waals surface area (Å²) in [6.07, 6.45) is 0.638. The van der Waals surface area contributed by atoms with Crippen LogP contribution < -0.4 is 10.1 Å². The Balaban J connectivity index is 1.61. The molecule has 0 aliphatic carbocycles. The van der Waals surface area contributed by atoms with Gasteiger partial charge in [-0.2, -0.15) is 0 Å². The van der Waals surface area contributed by atoms with Crippen LogP contribution in [0, 0.1) is 0 Å². The lowest BCUT2D eigenvalue weighted by Gasteiger charge is -2.08. The fourth-order valence-electron chi connectivity index (χ4n) is 2.78. The molecule has 0 bridgehead atoms. The van der Waals surface area contributed by atoms with Crippen molar-refractivity contribution in [1.29, 1.82) is 0 Å². The number of sulfone groups is 1. The Kier molecular flexibility index (Phi) is 6.61. The molecule has 3 rings (SSSR count). The number of ether oxygens (including phenoxy) is 1. The Morgan fingerprint density at radius 2 is 1.79 bits per heavy atom. The second kappa shape index (κ2) is 9.15. The molecule has 0 aliphatic heterocycles. The third-order valence-electron chi connectivity index (χ3n) is 4.23. The van der Waals surface area contributed by atoms with Gasteiger partial charge in [0.2, 0.25) is 0 Å². The molecule has 6 nitrogen and oxygen atoms in total. The van der Waals surface area contributed by atoms with Crippen molar-refractivity contribution in [2.45, 2.75) is 17.1 Å². The van der Waals surface area contributed by atoms with E-state index >= 15 is 0 Å². The van der Waals surface area contributed by atoms with Crippen molar-refractivity contribution in [2.75, 3.05) is 13.7 Å². The van der Waals surface area contributed by atoms with Gasteiger partial charge in [-0.1, -0.05) is 35.9 Å². The molecule has 0 saturated heterocycles. The second-order valence-electron chi connectivity index (χ2n) is 6.31. The first-order valence-corrected chi connectivity index (χ1v) is 10.9. The number of benzene rings is 2. The smallest absolute Gasteiger partial charge is 0.287 e. The van der Waals surface area contributed by atoms with Crippen LogP contribution in [0.5, 0.6) is 5.75 Å². The molecule has 0 radical (unpaired) electrons. The van der Waals surface area contributed by atoms with Crippen LogP contribution in [0.2, 0.25) is 5.02 Å². The van der Waals surface area contributed by atoms with E-state index in [0.29, 0.717) is 18.0 Å². The molecule has 0 spiro atoms. The first-order chi connectivity index (χ1) is 13.9. The monoisotopic (exact) mass is 433 g/mol. The second-order valence-corrected chi connectivity index (χ2v) is 8.70. The molecular weight excluding hydrogens is 414 g/mol. The van der Waals surface area contributed by atoms with Crippen molar-refractivity contribution in [3.05, 3.63) is 82.8 Å². The number of carbonyl (C=O) groups excluding carboxylic acids is 1. The van der Waals surface area contributed by atoms with Gasteiger partial charge in [-0.3, -0.25) is 4.79 Å². The number of nitrogens with one attached hydrogen (secondary N) is 1. The highest BCUT2D eigenvalue weighted by atomic mass is 35.5. The summed E-state index contributed by atoms with van der Waals surface area (Å²) in [5.74, 6) is -0.268. The number of amides is 1. The van der Waals surface area contributed by atoms with Gasteiger partial charge in [0.05, 0.1) is 7.11 Å². The normalized spacial score (nSPS) is 11.2. The zero-order valence-corrected chi connectivity index (χ0v) is 17.3. The van der Waals surface area contributed by atoms with Crippen molar-refractivity contribution in [3.63, 3.8) is 0 Å². The van der Waals surface area contributed by atoms with Crippen LogP contribution in [0.4, 0.5) is 0 Å². The van der Waals surface area contributed by atoms with Gasteiger partial charge in [0.1, 0.15) is 22.2 Å². The van der Waals surface area contributed by atoms with Crippen LogP contribution >= 0.6 is 11.6 Å². The van der Waals surface area contributed by atoms with Crippen LogP contribution in [0.3, 0.4) is 0 Å². The lowest BCUT2D eigenvalue weighted by Crippen LogP contribution is -2.25. The van der Waals surface area contributed by atoms with E-state index in [1.54, 1.807) is 30.3 Å². The molecule has 29 heavy (non-hydrogen) atoms. The average molecular weight is 434 g/mol. The zero-order valence-electron chi connectivity index (χ0n) is 15.7. The number of furan rings is 1. The van der Waals surface area contributed by atoms with E-state index in [4.69, 9.17) is 20.8 Å². The molecule has 1 aromatic heterocycles. The minimum absolute atomic E-state index is 0.0614. The number of methoxy groups -OCH3 is 1. The van der Waals surface area contributed by atoms with Crippen LogP contribution in [-0.4, -0.2) is 28.0 Å². The molecule has 8 heteroatoms. The van der Waals surface area contributed by atoms with Crippen LogP contribution in [0.15, 0.2) is 70.0 Å². The molecule has 2 aromatic carbocycles. The minimum atomic E-state index is -3.69. The van der Waals surface area contributed by atoms with E-state index < -0.39 is 15.7 Å². The average Bonchev–Trinajstić information content (AvgIpc) is 3.17. The summed E-state index contributed by atoms with van der Waals surface area (Å²) in [5.41, 5.74) is 1.04. The van der Waals surface area contributed by atoms with E-state index in [9.17, 15) is 13.2 Å². The van der Waals surface area contributed by atoms with Gasteiger partial charge >= 0.3 is 0 Å². The summed E-state index contributed by atoms with van der Waals surface area (Å²) >= 11 is 5.85. The number of carbonyl (C=O) groups is 1. The fraction of sp³-hybridized carbons (Fsp3) is 0.190. The Morgan fingerprint density at radius 3 is 2.52 bits per heavy atom. The van der Waals surface area contributed by atoms with Gasteiger partial charge in [-0.05, 0) is 48.4 Å². The predicted octanol–water partition coefficient (Wildman–Crippen LogP) is 3.89. The Labute approximate surface area is 174 Å². The molecular formula is C21H20ClNO5S. The molecule has 0 fully saturated rings. The summed E-state index contributed by atoms with van der Waals surface area (Å²) < 4.78 is 35.9. The van der Waals surface area contributed by atoms with Gasteiger partial charge in [-0.15, -0.1) is 0 Å². The van der Waals surface area contributed by atoms with Gasteiger partial charge < -0.3 is 14.5 Å². The first-order valence-electron chi connectivity index (χ1n) is 8.86. The van der Waals surface area contributed by atoms with Crippen molar-refractivity contribution < 1.29 is 22.4 Å². The first kappa shape index (κ1) is 21.0. The molecule has 0 saturated carbocycles. The molecule has 0 unspecified atom stereocenters. The molecule has 1 heterocycles. The number of hydrogen-bond acceptors (Lipinski definition) is 5. The molecule has 152 valence electrons. The largest absolute Gasteiger partial charge is 0.495 e. The van der Waals surface area contributed by atoms with Crippen LogP contribution in [0.1, 0.15) is 21.9 Å².